The van der Waals surface area contributed by atoms with Crippen molar-refractivity contribution in [2.75, 3.05) is 20.8 Å². The lowest BCUT2D eigenvalue weighted by Crippen LogP contribution is -2.32. The molecule has 0 saturated carbocycles. The van der Waals surface area contributed by atoms with E-state index >= 15 is 4.39 Å². The number of rotatable bonds is 6. The van der Waals surface area contributed by atoms with Gasteiger partial charge in [-0.2, -0.15) is 0 Å². The van der Waals surface area contributed by atoms with E-state index in [4.69, 9.17) is 25.5 Å². The molecule has 36 heavy (non-hydrogen) atoms. The number of aryl methyl sites for hydroxylation is 1. The molecule has 8 heteroatoms. The molecule has 0 saturated heterocycles. The van der Waals surface area contributed by atoms with Crippen LogP contribution in [0.5, 0.6) is 11.5 Å². The first-order valence-corrected chi connectivity index (χ1v) is 11.7. The van der Waals surface area contributed by atoms with Gasteiger partial charge in [0.05, 0.1) is 31.2 Å². The number of amides is 1. The van der Waals surface area contributed by atoms with Crippen LogP contribution in [0.15, 0.2) is 63.8 Å². The van der Waals surface area contributed by atoms with E-state index in [2.05, 4.69) is 0 Å². The molecular formula is C28H23ClFNO5. The lowest BCUT2D eigenvalue weighted by molar-refractivity contribution is 0.0728. The van der Waals surface area contributed by atoms with Crippen LogP contribution in [0.3, 0.4) is 0 Å². The second-order valence-electron chi connectivity index (χ2n) is 8.63. The molecule has 0 radical (unpaired) electrons. The Balaban J connectivity index is 1.62. The second-order valence-corrected chi connectivity index (χ2v) is 9.04. The maximum absolute atomic E-state index is 15.0. The van der Waals surface area contributed by atoms with Crippen LogP contribution in [-0.4, -0.2) is 31.6 Å². The van der Waals surface area contributed by atoms with Crippen molar-refractivity contribution < 1.29 is 23.1 Å². The molecule has 1 aliphatic rings. The monoisotopic (exact) mass is 507 g/mol. The number of fused-ring (bicyclic) bond motifs is 2. The predicted molar refractivity (Wildman–Crippen MR) is 135 cm³/mol. The first kappa shape index (κ1) is 23.9. The zero-order chi connectivity index (χ0) is 25.6. The number of methoxy groups -OCH3 is 2. The Morgan fingerprint density at radius 2 is 1.78 bits per heavy atom. The van der Waals surface area contributed by atoms with E-state index in [1.807, 2.05) is 12.1 Å². The lowest BCUT2D eigenvalue weighted by atomic mass is 9.97. The summed E-state index contributed by atoms with van der Waals surface area (Å²) in [5.41, 5.74) is 1.81. The van der Waals surface area contributed by atoms with Crippen LogP contribution >= 0.6 is 11.6 Å². The van der Waals surface area contributed by atoms with Gasteiger partial charge in [-0.15, -0.1) is 0 Å². The Kier molecular flexibility index (Phi) is 6.18. The number of nitrogens with zero attached hydrogens (tertiary/aromatic N) is 1. The molecular weight excluding hydrogens is 485 g/mol. The highest BCUT2D eigenvalue weighted by molar-refractivity contribution is 6.32. The number of hydrogen-bond acceptors (Lipinski definition) is 5. The fourth-order valence-corrected chi connectivity index (χ4v) is 4.84. The van der Waals surface area contributed by atoms with Crippen LogP contribution in [0.1, 0.15) is 38.9 Å². The van der Waals surface area contributed by atoms with Crippen molar-refractivity contribution in [3.8, 4) is 11.5 Å². The molecule has 0 spiro atoms. The van der Waals surface area contributed by atoms with Gasteiger partial charge in [-0.3, -0.25) is 9.59 Å². The highest BCUT2D eigenvalue weighted by Crippen LogP contribution is 2.40. The van der Waals surface area contributed by atoms with Crippen molar-refractivity contribution in [1.82, 2.24) is 4.90 Å². The topological polar surface area (TPSA) is 69.0 Å². The summed E-state index contributed by atoms with van der Waals surface area (Å²) in [5.74, 6) is 0.0958. The van der Waals surface area contributed by atoms with Gasteiger partial charge in [0.25, 0.3) is 5.91 Å². The predicted octanol–water partition coefficient (Wildman–Crippen LogP) is 5.70. The van der Waals surface area contributed by atoms with Crippen molar-refractivity contribution >= 4 is 28.5 Å². The van der Waals surface area contributed by atoms with Gasteiger partial charge < -0.3 is 18.8 Å². The summed E-state index contributed by atoms with van der Waals surface area (Å²) in [6.45, 7) is 2.00. The molecule has 4 aromatic rings. The standard InChI is InChI=1S/C28H23ClFNO5/c1-15-12-22-18(14-19(15)29)26(32)24-25(17-6-4-5-7-20(17)30)31(28(33)27(24)36-22)11-10-16-8-9-21(34-2)23(13-16)35-3/h4-9,12-14,25H,10-11H2,1-3H3/t25-/m0/s1. The Labute approximate surface area is 211 Å². The van der Waals surface area contributed by atoms with Crippen LogP contribution in [0.25, 0.3) is 11.0 Å². The summed E-state index contributed by atoms with van der Waals surface area (Å²) in [6.07, 6.45) is 0.434. The first-order chi connectivity index (χ1) is 17.3. The van der Waals surface area contributed by atoms with Gasteiger partial charge in [-0.1, -0.05) is 35.9 Å². The Bertz CT molecular complexity index is 1560. The van der Waals surface area contributed by atoms with E-state index in [0.29, 0.717) is 28.5 Å². The molecule has 184 valence electrons. The third-order valence-electron chi connectivity index (χ3n) is 6.54. The SMILES string of the molecule is COc1ccc(CCN2C(=O)c3oc4cc(C)c(Cl)cc4c(=O)c3[C@@H]2c2ccccc2F)cc1OC. The molecule has 3 aromatic carbocycles. The largest absolute Gasteiger partial charge is 0.493 e. The van der Waals surface area contributed by atoms with Gasteiger partial charge in [0.2, 0.25) is 5.76 Å². The van der Waals surface area contributed by atoms with Gasteiger partial charge in [-0.25, -0.2) is 4.39 Å². The average molecular weight is 508 g/mol. The molecule has 1 aromatic heterocycles. The molecule has 0 unspecified atom stereocenters. The molecule has 5 rings (SSSR count). The Morgan fingerprint density at radius 1 is 1.03 bits per heavy atom. The van der Waals surface area contributed by atoms with Crippen LogP contribution in [0.2, 0.25) is 5.02 Å². The molecule has 1 amide bonds. The van der Waals surface area contributed by atoms with E-state index < -0.39 is 23.2 Å². The van der Waals surface area contributed by atoms with E-state index in [0.717, 1.165) is 5.56 Å². The van der Waals surface area contributed by atoms with Gasteiger partial charge in [0.1, 0.15) is 11.4 Å². The third kappa shape index (κ3) is 3.89. The highest BCUT2D eigenvalue weighted by atomic mass is 35.5. The van der Waals surface area contributed by atoms with E-state index in [1.165, 1.54) is 17.0 Å². The van der Waals surface area contributed by atoms with Crippen LogP contribution in [0, 0.1) is 12.7 Å². The minimum Gasteiger partial charge on any atom is -0.493 e. The third-order valence-corrected chi connectivity index (χ3v) is 6.94. The average Bonchev–Trinajstić information content (AvgIpc) is 3.15. The number of halogens is 2. The van der Waals surface area contributed by atoms with Gasteiger partial charge in [0, 0.05) is 17.1 Å². The Morgan fingerprint density at radius 3 is 2.50 bits per heavy atom. The highest BCUT2D eigenvalue weighted by Gasteiger charge is 2.43. The van der Waals surface area contributed by atoms with Gasteiger partial charge in [0.15, 0.2) is 16.9 Å². The minimum absolute atomic E-state index is 0.0743. The molecule has 0 N–H and O–H groups in total. The molecule has 1 atom stereocenters. The number of carbonyl (C=O) groups excluding carboxylic acids is 1. The lowest BCUT2D eigenvalue weighted by Gasteiger charge is -2.25. The van der Waals surface area contributed by atoms with Crippen LogP contribution in [-0.2, 0) is 6.42 Å². The molecule has 1 aliphatic heterocycles. The molecule has 6 nitrogen and oxygen atoms in total. The fraction of sp³-hybridized carbons (Fsp3) is 0.214. The summed E-state index contributed by atoms with van der Waals surface area (Å²) < 4.78 is 31.7. The Hall–Kier alpha value is -3.84. The van der Waals surface area contributed by atoms with Gasteiger partial charge >= 0.3 is 0 Å². The zero-order valence-electron chi connectivity index (χ0n) is 19.9. The first-order valence-electron chi connectivity index (χ1n) is 11.4. The number of benzene rings is 3. The quantitative estimate of drug-likeness (QED) is 0.335. The summed E-state index contributed by atoms with van der Waals surface area (Å²) in [5, 5.41) is 0.659. The second kappa shape index (κ2) is 9.32. The summed E-state index contributed by atoms with van der Waals surface area (Å²) in [4.78, 5) is 28.7. The molecule has 0 bridgehead atoms. The normalized spacial score (nSPS) is 14.9. The summed E-state index contributed by atoms with van der Waals surface area (Å²) in [6, 6.07) is 13.9. The van der Waals surface area contributed by atoms with Crippen molar-refractivity contribution in [3.05, 3.63) is 104 Å². The molecule has 0 aliphatic carbocycles. The zero-order valence-corrected chi connectivity index (χ0v) is 20.7. The summed E-state index contributed by atoms with van der Waals surface area (Å²) in [7, 11) is 3.10. The van der Waals surface area contributed by atoms with Crippen molar-refractivity contribution in [3.63, 3.8) is 0 Å². The van der Waals surface area contributed by atoms with Crippen LogP contribution in [0.4, 0.5) is 4.39 Å². The van der Waals surface area contributed by atoms with Crippen molar-refractivity contribution in [2.24, 2.45) is 0 Å². The summed E-state index contributed by atoms with van der Waals surface area (Å²) >= 11 is 6.27. The molecule has 2 heterocycles. The van der Waals surface area contributed by atoms with Gasteiger partial charge in [-0.05, 0) is 54.8 Å². The van der Waals surface area contributed by atoms with E-state index in [1.54, 1.807) is 51.5 Å². The minimum atomic E-state index is -0.936. The smallest absolute Gasteiger partial charge is 0.290 e. The van der Waals surface area contributed by atoms with Crippen molar-refractivity contribution in [1.29, 1.82) is 0 Å². The number of hydrogen-bond donors (Lipinski definition) is 0. The van der Waals surface area contributed by atoms with E-state index in [9.17, 15) is 9.59 Å². The van der Waals surface area contributed by atoms with Crippen LogP contribution < -0.4 is 14.9 Å². The number of ether oxygens (including phenoxy) is 2. The molecule has 0 fully saturated rings. The fourth-order valence-electron chi connectivity index (χ4n) is 4.68. The maximum atomic E-state index is 15.0. The number of carbonyl (C=O) groups is 1. The van der Waals surface area contributed by atoms with Crippen molar-refractivity contribution in [2.45, 2.75) is 19.4 Å². The maximum Gasteiger partial charge on any atom is 0.290 e. The van der Waals surface area contributed by atoms with E-state index in [-0.39, 0.29) is 34.4 Å².